The first-order valence-electron chi connectivity index (χ1n) is 11.0. The molecule has 0 saturated carbocycles. The van der Waals surface area contributed by atoms with Crippen molar-refractivity contribution >= 4 is 22.5 Å². The lowest BCUT2D eigenvalue weighted by molar-refractivity contribution is -0.928. The molecular weight excluding hydrogens is 402 g/mol. The van der Waals surface area contributed by atoms with Gasteiger partial charge < -0.3 is 18.9 Å². The normalized spacial score (nSPS) is 14.3. The van der Waals surface area contributed by atoms with Crippen LogP contribution in [0.3, 0.4) is 0 Å². The van der Waals surface area contributed by atoms with Crippen LogP contribution in [0.1, 0.15) is 26.7 Å². The number of hydrogen-bond donors (Lipinski definition) is 2. The van der Waals surface area contributed by atoms with Crippen LogP contribution in [-0.4, -0.2) is 96.7 Å². The highest BCUT2D eigenvalue weighted by molar-refractivity contribution is 6.84. The molecule has 0 aromatic carbocycles. The molecule has 0 aromatic rings. The van der Waals surface area contributed by atoms with Gasteiger partial charge in [-0.25, -0.2) is 10.0 Å². The quantitative estimate of drug-likeness (QED) is 0.164. The van der Waals surface area contributed by atoms with Crippen LogP contribution >= 0.6 is 0 Å². The topological polar surface area (TPSA) is 71.0 Å². The number of ether oxygens (including phenoxy) is 1. The fourth-order valence-electron chi connectivity index (χ4n) is 3.52. The molecule has 1 atom stereocenters. The van der Waals surface area contributed by atoms with Crippen molar-refractivity contribution in [2.75, 3.05) is 53.5 Å². The molecular formula is C20H48N3O4Si2+. The summed E-state index contributed by atoms with van der Waals surface area (Å²) in [5.41, 5.74) is 2.98. The lowest BCUT2D eigenvalue weighted by atomic mass is 10.3. The molecule has 174 valence electrons. The van der Waals surface area contributed by atoms with E-state index in [4.69, 9.17) is 8.85 Å². The number of rotatable bonds is 16. The van der Waals surface area contributed by atoms with Crippen LogP contribution in [0.2, 0.25) is 38.8 Å². The third kappa shape index (κ3) is 16.1. The van der Waals surface area contributed by atoms with Gasteiger partial charge in [-0.3, -0.25) is 4.79 Å². The zero-order chi connectivity index (χ0) is 22.7. The van der Waals surface area contributed by atoms with Crippen molar-refractivity contribution in [3.63, 3.8) is 0 Å². The average molecular weight is 451 g/mol. The molecule has 0 saturated heterocycles. The van der Waals surface area contributed by atoms with Crippen LogP contribution in [0.15, 0.2) is 0 Å². The van der Waals surface area contributed by atoms with Gasteiger partial charge in [0.1, 0.15) is 12.6 Å². The molecule has 0 bridgehead atoms. The molecule has 0 aliphatic heterocycles. The Morgan fingerprint density at radius 3 is 2.24 bits per heavy atom. The van der Waals surface area contributed by atoms with Gasteiger partial charge in [-0.2, -0.15) is 0 Å². The second kappa shape index (κ2) is 13.2. The molecule has 0 radical (unpaired) electrons. The maximum atomic E-state index is 12.2. The fraction of sp³-hybridized carbons (Fsp3) is 0.950. The van der Waals surface area contributed by atoms with Gasteiger partial charge in [0.2, 0.25) is 0 Å². The Balaban J connectivity index is 4.10. The SMILES string of the molecule is CCN(CC)CCC(=O)N[N+](C)(C)CC(O)COCCC[Si](C)(C)O[Si](C)(C)C. The van der Waals surface area contributed by atoms with Crippen LogP contribution in [0.25, 0.3) is 0 Å². The van der Waals surface area contributed by atoms with Gasteiger partial charge in [-0.15, -0.1) is 0 Å². The molecule has 0 rings (SSSR count). The molecule has 9 heteroatoms. The van der Waals surface area contributed by atoms with Gasteiger partial charge >= 0.3 is 0 Å². The number of amides is 1. The number of carbonyl (C=O) groups is 1. The Morgan fingerprint density at radius 1 is 1.14 bits per heavy atom. The minimum Gasteiger partial charge on any atom is -0.456 e. The van der Waals surface area contributed by atoms with Gasteiger partial charge in [0, 0.05) is 19.6 Å². The summed E-state index contributed by atoms with van der Waals surface area (Å²) in [4.78, 5) is 14.4. The maximum absolute atomic E-state index is 12.2. The summed E-state index contributed by atoms with van der Waals surface area (Å²) in [6.07, 6.45) is 0.808. The number of likely N-dealkylation sites (N-methyl/N-ethyl adjacent to an activating group) is 1. The van der Waals surface area contributed by atoms with Gasteiger partial charge in [-0.05, 0) is 58.3 Å². The summed E-state index contributed by atoms with van der Waals surface area (Å²) >= 11 is 0. The highest BCUT2D eigenvalue weighted by Gasteiger charge is 2.29. The third-order valence-corrected chi connectivity index (χ3v) is 10.8. The van der Waals surface area contributed by atoms with Crippen LogP contribution in [0, 0.1) is 0 Å². The van der Waals surface area contributed by atoms with Crippen molar-refractivity contribution in [1.29, 1.82) is 0 Å². The van der Waals surface area contributed by atoms with Crippen molar-refractivity contribution in [3.05, 3.63) is 0 Å². The third-order valence-electron chi connectivity index (χ3n) is 4.60. The van der Waals surface area contributed by atoms with E-state index in [-0.39, 0.29) is 17.1 Å². The molecule has 2 N–H and O–H groups in total. The molecule has 1 amide bonds. The highest BCUT2D eigenvalue weighted by Crippen LogP contribution is 2.19. The summed E-state index contributed by atoms with van der Waals surface area (Å²) in [6.45, 7) is 19.4. The molecule has 29 heavy (non-hydrogen) atoms. The number of nitrogens with one attached hydrogen (secondary N) is 1. The Bertz CT molecular complexity index is 467. The second-order valence-electron chi connectivity index (χ2n) is 9.99. The van der Waals surface area contributed by atoms with E-state index >= 15 is 0 Å². The van der Waals surface area contributed by atoms with Gasteiger partial charge in [-0.1, -0.05) is 13.8 Å². The number of quaternary nitrogens is 1. The van der Waals surface area contributed by atoms with E-state index in [0.717, 1.165) is 32.1 Å². The minimum absolute atomic E-state index is 0.00427. The van der Waals surface area contributed by atoms with Gasteiger partial charge in [0.05, 0.1) is 20.7 Å². The molecule has 0 aliphatic rings. The molecule has 7 nitrogen and oxygen atoms in total. The first-order chi connectivity index (χ1) is 13.2. The summed E-state index contributed by atoms with van der Waals surface area (Å²) < 4.78 is 12.3. The molecule has 0 aromatic heterocycles. The lowest BCUT2D eigenvalue weighted by Crippen LogP contribution is -2.58. The minimum atomic E-state index is -1.63. The number of hydrogen-bond acceptors (Lipinski definition) is 5. The lowest BCUT2D eigenvalue weighted by Gasteiger charge is -2.32. The smallest absolute Gasteiger partial charge is 0.266 e. The average Bonchev–Trinajstić information content (AvgIpc) is 2.51. The highest BCUT2D eigenvalue weighted by atomic mass is 28.4. The maximum Gasteiger partial charge on any atom is 0.266 e. The van der Waals surface area contributed by atoms with E-state index in [1.807, 2.05) is 14.1 Å². The van der Waals surface area contributed by atoms with Crippen molar-refractivity contribution in [2.24, 2.45) is 0 Å². The second-order valence-corrected chi connectivity index (χ2v) is 19.0. The van der Waals surface area contributed by atoms with E-state index < -0.39 is 22.7 Å². The van der Waals surface area contributed by atoms with E-state index in [2.05, 4.69) is 56.9 Å². The van der Waals surface area contributed by atoms with Crippen molar-refractivity contribution in [1.82, 2.24) is 10.3 Å². The van der Waals surface area contributed by atoms with Crippen LogP contribution in [0.5, 0.6) is 0 Å². The zero-order valence-corrected chi connectivity index (χ0v) is 22.5. The summed E-state index contributed by atoms with van der Waals surface area (Å²) in [5, 5.41) is 10.3. The van der Waals surface area contributed by atoms with Crippen LogP contribution < -0.4 is 5.43 Å². The molecule has 0 heterocycles. The van der Waals surface area contributed by atoms with Crippen molar-refractivity contribution < 1.29 is 23.3 Å². The van der Waals surface area contributed by atoms with Crippen LogP contribution in [-0.2, 0) is 13.6 Å². The largest absolute Gasteiger partial charge is 0.456 e. The van der Waals surface area contributed by atoms with Crippen LogP contribution in [0.4, 0.5) is 0 Å². The predicted molar refractivity (Wildman–Crippen MR) is 126 cm³/mol. The number of aliphatic hydroxyl groups excluding tert-OH is 1. The van der Waals surface area contributed by atoms with E-state index in [9.17, 15) is 9.90 Å². The first kappa shape index (κ1) is 28.7. The van der Waals surface area contributed by atoms with E-state index in [1.165, 1.54) is 0 Å². The molecule has 0 aliphatic carbocycles. The monoisotopic (exact) mass is 450 g/mol. The zero-order valence-electron chi connectivity index (χ0n) is 20.5. The van der Waals surface area contributed by atoms with Crippen molar-refractivity contribution in [3.8, 4) is 0 Å². The molecule has 0 fully saturated rings. The molecule has 1 unspecified atom stereocenters. The van der Waals surface area contributed by atoms with Gasteiger partial charge in [0.25, 0.3) is 5.91 Å². The predicted octanol–water partition coefficient (Wildman–Crippen LogP) is 2.65. The van der Waals surface area contributed by atoms with Gasteiger partial charge in [0.15, 0.2) is 16.6 Å². The Hall–Kier alpha value is -0.296. The summed E-state index contributed by atoms with van der Waals surface area (Å²) in [6, 6.07) is 1.07. The molecule has 0 spiro atoms. The fourth-order valence-corrected chi connectivity index (χ4v) is 11.6. The summed E-state index contributed by atoms with van der Waals surface area (Å²) in [7, 11) is 0.655. The Labute approximate surface area is 181 Å². The standard InChI is InChI=1S/C20H47N3O4Si2/c1-10-22(11-2)14-13-20(25)21-23(3,4)17-19(24)18-26-15-12-16-29(8,9)27-28(5,6)7/h19,24H,10-18H2,1-9H3/p+1. The van der Waals surface area contributed by atoms with E-state index in [1.54, 1.807) is 0 Å². The number of carbonyl (C=O) groups excluding carboxylic acids is 1. The number of nitrogens with zero attached hydrogens (tertiary/aromatic N) is 2. The first-order valence-corrected chi connectivity index (χ1v) is 17.5. The Kier molecular flexibility index (Phi) is 13.1. The summed E-state index contributed by atoms with van der Waals surface area (Å²) in [5.74, 6) is 0.00427. The van der Waals surface area contributed by atoms with Crippen molar-refractivity contribution in [2.45, 2.75) is 71.6 Å². The number of aliphatic hydroxyl groups is 1. The van der Waals surface area contributed by atoms with E-state index in [0.29, 0.717) is 19.6 Å². The Morgan fingerprint density at radius 2 is 1.72 bits per heavy atom.